The lowest BCUT2D eigenvalue weighted by molar-refractivity contribution is -0.133. The summed E-state index contributed by atoms with van der Waals surface area (Å²) in [4.78, 5) is 29.8. The number of anilines is 1. The van der Waals surface area contributed by atoms with Gasteiger partial charge in [-0.15, -0.1) is 0 Å². The Morgan fingerprint density at radius 1 is 1.20 bits per heavy atom. The Hall–Kier alpha value is -3.07. The van der Waals surface area contributed by atoms with E-state index in [1.807, 2.05) is 6.07 Å². The average Bonchev–Trinajstić information content (AvgIpc) is 3.16. The minimum Gasteiger partial charge on any atom is -0.441 e. The predicted molar refractivity (Wildman–Crippen MR) is 111 cm³/mol. The van der Waals surface area contributed by atoms with E-state index in [0.29, 0.717) is 5.69 Å². The van der Waals surface area contributed by atoms with E-state index >= 15 is 0 Å². The molecule has 0 radical (unpaired) electrons. The Morgan fingerprint density at radius 3 is 2.70 bits per heavy atom. The molecule has 3 aromatic rings. The summed E-state index contributed by atoms with van der Waals surface area (Å²) in [6.07, 6.45) is 1.56. The van der Waals surface area contributed by atoms with E-state index in [0.717, 1.165) is 16.6 Å². The standard InChI is InChI=1S/C21H18BrF2N3O3/c1-27(12-19(28)26-17-5-3-2-4-15(17)22)21(29)9-8-20-25-11-18(30-20)14-7-6-13(23)10-16(14)24/h2-7,10-11H,8-9,12H2,1H3,(H,26,28). The summed E-state index contributed by atoms with van der Waals surface area (Å²) in [5.74, 6) is -1.66. The van der Waals surface area contributed by atoms with Gasteiger partial charge in [0.1, 0.15) is 11.6 Å². The molecule has 1 aromatic heterocycles. The zero-order valence-corrected chi connectivity index (χ0v) is 17.6. The number of para-hydroxylation sites is 1. The number of nitrogens with zero attached hydrogens (tertiary/aromatic N) is 2. The maximum atomic E-state index is 13.8. The highest BCUT2D eigenvalue weighted by molar-refractivity contribution is 9.10. The minimum absolute atomic E-state index is 0.0602. The van der Waals surface area contributed by atoms with Crippen LogP contribution in [0.25, 0.3) is 11.3 Å². The van der Waals surface area contributed by atoms with Gasteiger partial charge >= 0.3 is 0 Å². The topological polar surface area (TPSA) is 75.4 Å². The molecule has 2 amide bonds. The van der Waals surface area contributed by atoms with Gasteiger partial charge in [0.05, 0.1) is 24.0 Å². The molecule has 30 heavy (non-hydrogen) atoms. The van der Waals surface area contributed by atoms with Crippen LogP contribution in [0.2, 0.25) is 0 Å². The number of hydrogen-bond acceptors (Lipinski definition) is 4. The largest absolute Gasteiger partial charge is 0.441 e. The first-order valence-corrected chi connectivity index (χ1v) is 9.81. The molecule has 0 spiro atoms. The van der Waals surface area contributed by atoms with Crippen LogP contribution in [0.3, 0.4) is 0 Å². The zero-order chi connectivity index (χ0) is 21.7. The summed E-state index contributed by atoms with van der Waals surface area (Å²) in [5, 5.41) is 2.73. The number of halogens is 3. The number of nitrogens with one attached hydrogen (secondary N) is 1. The summed E-state index contributed by atoms with van der Waals surface area (Å²) < 4.78 is 33.1. The van der Waals surface area contributed by atoms with Crippen LogP contribution in [0.1, 0.15) is 12.3 Å². The summed E-state index contributed by atoms with van der Waals surface area (Å²) in [6, 6.07) is 10.3. The number of aryl methyl sites for hydroxylation is 1. The van der Waals surface area contributed by atoms with Gasteiger partial charge in [0, 0.05) is 30.4 Å². The van der Waals surface area contributed by atoms with Crippen molar-refractivity contribution in [1.82, 2.24) is 9.88 Å². The Bertz CT molecular complexity index is 1070. The first kappa shape index (κ1) is 21.6. The Labute approximate surface area is 180 Å². The second-order valence-electron chi connectivity index (χ2n) is 6.52. The normalized spacial score (nSPS) is 10.7. The summed E-state index contributed by atoms with van der Waals surface area (Å²) in [6.45, 7) is -0.113. The Kier molecular flexibility index (Phi) is 6.94. The van der Waals surface area contributed by atoms with Crippen molar-refractivity contribution in [3.05, 3.63) is 70.7 Å². The molecular formula is C21H18BrF2N3O3. The summed E-state index contributed by atoms with van der Waals surface area (Å²) in [7, 11) is 1.52. The van der Waals surface area contributed by atoms with Crippen molar-refractivity contribution in [2.45, 2.75) is 12.8 Å². The van der Waals surface area contributed by atoms with Crippen molar-refractivity contribution in [2.24, 2.45) is 0 Å². The van der Waals surface area contributed by atoms with Gasteiger partial charge in [-0.3, -0.25) is 9.59 Å². The van der Waals surface area contributed by atoms with Crippen molar-refractivity contribution >= 4 is 33.4 Å². The van der Waals surface area contributed by atoms with Gasteiger partial charge in [-0.2, -0.15) is 0 Å². The maximum absolute atomic E-state index is 13.8. The average molecular weight is 478 g/mol. The molecule has 0 fully saturated rings. The molecule has 0 aliphatic heterocycles. The molecule has 3 rings (SSSR count). The fourth-order valence-corrected chi connectivity index (χ4v) is 3.08. The molecule has 0 bridgehead atoms. The predicted octanol–water partition coefficient (Wildman–Crippen LogP) is 4.41. The molecule has 0 atom stereocenters. The lowest BCUT2D eigenvalue weighted by atomic mass is 10.2. The first-order chi connectivity index (χ1) is 14.3. The van der Waals surface area contributed by atoms with Gasteiger partial charge in [0.25, 0.3) is 0 Å². The Balaban J connectivity index is 1.52. The molecule has 0 unspecified atom stereocenters. The Morgan fingerprint density at radius 2 is 1.97 bits per heavy atom. The number of benzene rings is 2. The second kappa shape index (κ2) is 9.62. The van der Waals surface area contributed by atoms with E-state index in [-0.39, 0.29) is 48.4 Å². The second-order valence-corrected chi connectivity index (χ2v) is 7.37. The fraction of sp³-hybridized carbons (Fsp3) is 0.190. The highest BCUT2D eigenvalue weighted by Gasteiger charge is 2.16. The number of likely N-dealkylation sites (N-methyl/N-ethyl adjacent to an activating group) is 1. The van der Waals surface area contributed by atoms with Crippen LogP contribution in [0.4, 0.5) is 14.5 Å². The minimum atomic E-state index is -0.760. The smallest absolute Gasteiger partial charge is 0.244 e. The molecule has 1 heterocycles. The first-order valence-electron chi connectivity index (χ1n) is 9.02. The fourth-order valence-electron chi connectivity index (χ4n) is 2.70. The van der Waals surface area contributed by atoms with Gasteiger partial charge < -0.3 is 14.6 Å². The molecule has 6 nitrogen and oxygen atoms in total. The van der Waals surface area contributed by atoms with Gasteiger partial charge in [-0.1, -0.05) is 12.1 Å². The van der Waals surface area contributed by atoms with Crippen LogP contribution in [0.5, 0.6) is 0 Å². The van der Waals surface area contributed by atoms with Crippen LogP contribution in [0.15, 0.2) is 57.6 Å². The number of hydrogen-bond donors (Lipinski definition) is 1. The van der Waals surface area contributed by atoms with Crippen LogP contribution in [-0.4, -0.2) is 35.3 Å². The molecule has 9 heteroatoms. The number of carbonyl (C=O) groups is 2. The molecule has 156 valence electrons. The third-order valence-corrected chi connectivity index (χ3v) is 4.95. The van der Waals surface area contributed by atoms with Crippen molar-refractivity contribution in [3.63, 3.8) is 0 Å². The van der Waals surface area contributed by atoms with Crippen molar-refractivity contribution in [1.29, 1.82) is 0 Å². The van der Waals surface area contributed by atoms with Crippen LogP contribution < -0.4 is 5.32 Å². The van der Waals surface area contributed by atoms with E-state index in [9.17, 15) is 18.4 Å². The summed E-state index contributed by atoms with van der Waals surface area (Å²) in [5.41, 5.74) is 0.700. The molecule has 2 aromatic carbocycles. The maximum Gasteiger partial charge on any atom is 0.244 e. The SMILES string of the molecule is CN(CC(=O)Nc1ccccc1Br)C(=O)CCc1ncc(-c2ccc(F)cc2F)o1. The highest BCUT2D eigenvalue weighted by atomic mass is 79.9. The van der Waals surface area contributed by atoms with Crippen LogP contribution in [-0.2, 0) is 16.0 Å². The van der Waals surface area contributed by atoms with Gasteiger partial charge in [-0.05, 0) is 40.2 Å². The van der Waals surface area contributed by atoms with Gasteiger partial charge in [0.2, 0.25) is 11.8 Å². The molecule has 0 saturated carbocycles. The lowest BCUT2D eigenvalue weighted by Crippen LogP contribution is -2.35. The number of amides is 2. The molecule has 1 N–H and O–H groups in total. The van der Waals surface area contributed by atoms with Crippen LogP contribution in [0, 0.1) is 11.6 Å². The van der Waals surface area contributed by atoms with Gasteiger partial charge in [-0.25, -0.2) is 13.8 Å². The number of rotatable bonds is 7. The van der Waals surface area contributed by atoms with E-state index in [1.54, 1.807) is 18.2 Å². The van der Waals surface area contributed by atoms with E-state index in [4.69, 9.17) is 4.42 Å². The van der Waals surface area contributed by atoms with E-state index in [1.165, 1.54) is 24.2 Å². The molecule has 0 aliphatic carbocycles. The number of carbonyl (C=O) groups excluding carboxylic acids is 2. The summed E-state index contributed by atoms with van der Waals surface area (Å²) >= 11 is 3.34. The van der Waals surface area contributed by atoms with Gasteiger partial charge in [0.15, 0.2) is 11.7 Å². The number of oxazole rings is 1. The highest BCUT2D eigenvalue weighted by Crippen LogP contribution is 2.25. The number of aromatic nitrogens is 1. The quantitative estimate of drug-likeness (QED) is 0.546. The third-order valence-electron chi connectivity index (χ3n) is 4.26. The third kappa shape index (κ3) is 5.50. The lowest BCUT2D eigenvalue weighted by Gasteiger charge is -2.16. The van der Waals surface area contributed by atoms with Crippen molar-refractivity contribution in [3.8, 4) is 11.3 Å². The van der Waals surface area contributed by atoms with E-state index in [2.05, 4.69) is 26.2 Å². The monoisotopic (exact) mass is 477 g/mol. The van der Waals surface area contributed by atoms with Crippen molar-refractivity contribution < 1.29 is 22.8 Å². The molecule has 0 saturated heterocycles. The van der Waals surface area contributed by atoms with Crippen molar-refractivity contribution in [2.75, 3.05) is 18.9 Å². The van der Waals surface area contributed by atoms with Crippen LogP contribution >= 0.6 is 15.9 Å². The zero-order valence-electron chi connectivity index (χ0n) is 16.0. The van der Waals surface area contributed by atoms with E-state index < -0.39 is 11.6 Å². The molecular weight excluding hydrogens is 460 g/mol. The molecule has 0 aliphatic rings.